The quantitative estimate of drug-likeness (QED) is 0.336. The maximum absolute atomic E-state index is 12.2. The first kappa shape index (κ1) is 21.3. The molecule has 1 unspecified atom stereocenters. The number of nitrogens with one attached hydrogen (secondary N) is 1. The van der Waals surface area contributed by atoms with Gasteiger partial charge in [-0.2, -0.15) is 0 Å². The van der Waals surface area contributed by atoms with E-state index in [2.05, 4.69) is 29.4 Å². The van der Waals surface area contributed by atoms with Crippen LogP contribution in [0.4, 0.5) is 0 Å². The zero-order chi connectivity index (χ0) is 19.3. The van der Waals surface area contributed by atoms with Crippen LogP contribution in [0.2, 0.25) is 0 Å². The van der Waals surface area contributed by atoms with Gasteiger partial charge in [0.25, 0.3) is 0 Å². The van der Waals surface area contributed by atoms with Crippen LogP contribution in [0.5, 0.6) is 0 Å². The molecule has 27 heavy (non-hydrogen) atoms. The molecule has 3 N–H and O–H groups in total. The molecule has 1 aromatic carbocycles. The fourth-order valence-electron chi connectivity index (χ4n) is 3.51. The Hall–Kier alpha value is -2.04. The number of hydrogen-bond acceptors (Lipinski definition) is 2. The minimum atomic E-state index is 0.241. The Labute approximate surface area is 164 Å². The summed E-state index contributed by atoms with van der Waals surface area (Å²) in [6.45, 7) is 5.32. The van der Waals surface area contributed by atoms with E-state index in [-0.39, 0.29) is 11.8 Å². The SMILES string of the molecule is CCCCCCCCNC(N)=NCC1CC(=O)N(CCc2ccccc2)C1. The number of aliphatic imine (C=N–C) groups is 1. The molecular formula is C22H36N4O. The highest BCUT2D eigenvalue weighted by atomic mass is 16.2. The summed E-state index contributed by atoms with van der Waals surface area (Å²) in [5, 5.41) is 3.20. The van der Waals surface area contributed by atoms with Gasteiger partial charge in [-0.05, 0) is 18.4 Å². The van der Waals surface area contributed by atoms with Crippen LogP contribution in [0.15, 0.2) is 35.3 Å². The smallest absolute Gasteiger partial charge is 0.223 e. The van der Waals surface area contributed by atoms with Crippen molar-refractivity contribution in [3.63, 3.8) is 0 Å². The molecule has 0 aromatic heterocycles. The molecule has 2 rings (SSSR count). The van der Waals surface area contributed by atoms with Gasteiger partial charge in [-0.15, -0.1) is 0 Å². The number of rotatable bonds is 12. The Morgan fingerprint density at radius 3 is 2.70 bits per heavy atom. The first-order valence-corrected chi connectivity index (χ1v) is 10.5. The van der Waals surface area contributed by atoms with Crippen LogP contribution in [-0.2, 0) is 11.2 Å². The van der Waals surface area contributed by atoms with E-state index in [0.29, 0.717) is 18.9 Å². The molecule has 0 radical (unpaired) electrons. The van der Waals surface area contributed by atoms with E-state index >= 15 is 0 Å². The number of likely N-dealkylation sites (tertiary alicyclic amines) is 1. The highest BCUT2D eigenvalue weighted by Crippen LogP contribution is 2.18. The Kier molecular flexibility index (Phi) is 9.74. The molecular weight excluding hydrogens is 336 g/mol. The van der Waals surface area contributed by atoms with Gasteiger partial charge in [0.1, 0.15) is 0 Å². The number of nitrogens with zero attached hydrogens (tertiary/aromatic N) is 2. The van der Waals surface area contributed by atoms with Crippen molar-refractivity contribution in [1.82, 2.24) is 10.2 Å². The maximum Gasteiger partial charge on any atom is 0.223 e. The van der Waals surface area contributed by atoms with E-state index < -0.39 is 0 Å². The Bertz CT molecular complexity index is 573. The van der Waals surface area contributed by atoms with Gasteiger partial charge in [-0.25, -0.2) is 0 Å². The molecule has 1 aliphatic heterocycles. The summed E-state index contributed by atoms with van der Waals surface area (Å²) in [6.07, 6.45) is 9.12. The first-order valence-electron chi connectivity index (χ1n) is 10.5. The number of hydrogen-bond donors (Lipinski definition) is 2. The molecule has 1 fully saturated rings. The van der Waals surface area contributed by atoms with Crippen LogP contribution in [0, 0.1) is 5.92 Å². The highest BCUT2D eigenvalue weighted by Gasteiger charge is 2.28. The second-order valence-electron chi connectivity index (χ2n) is 7.57. The van der Waals surface area contributed by atoms with Gasteiger partial charge in [-0.1, -0.05) is 69.4 Å². The molecule has 1 aliphatic rings. The van der Waals surface area contributed by atoms with Gasteiger partial charge < -0.3 is 16.0 Å². The molecule has 0 saturated carbocycles. The normalized spacial score (nSPS) is 17.5. The first-order chi connectivity index (χ1) is 13.2. The van der Waals surface area contributed by atoms with Crippen molar-refractivity contribution in [2.45, 2.75) is 58.3 Å². The number of nitrogens with two attached hydrogens (primary N) is 1. The standard InChI is InChI=1S/C22H36N4O/c1-2-3-4-5-6-10-14-24-22(23)25-17-20-16-21(27)26(18-20)15-13-19-11-8-7-9-12-19/h7-9,11-12,20H,2-6,10,13-18H2,1H3,(H3,23,24,25). The monoisotopic (exact) mass is 372 g/mol. The maximum atomic E-state index is 12.2. The zero-order valence-corrected chi connectivity index (χ0v) is 16.8. The third-order valence-electron chi connectivity index (χ3n) is 5.16. The van der Waals surface area contributed by atoms with Crippen LogP contribution < -0.4 is 11.1 Å². The zero-order valence-electron chi connectivity index (χ0n) is 16.8. The lowest BCUT2D eigenvalue weighted by Crippen LogP contribution is -2.33. The lowest BCUT2D eigenvalue weighted by Gasteiger charge is -2.16. The lowest BCUT2D eigenvalue weighted by atomic mass is 10.1. The van der Waals surface area contributed by atoms with Crippen molar-refractivity contribution in [1.29, 1.82) is 0 Å². The van der Waals surface area contributed by atoms with Gasteiger partial charge in [-0.3, -0.25) is 9.79 Å². The molecule has 1 saturated heterocycles. The van der Waals surface area contributed by atoms with Crippen molar-refractivity contribution in [2.24, 2.45) is 16.6 Å². The molecule has 0 spiro atoms. The summed E-state index contributed by atoms with van der Waals surface area (Å²) in [5.41, 5.74) is 7.23. The van der Waals surface area contributed by atoms with Crippen LogP contribution in [0.1, 0.15) is 57.4 Å². The van der Waals surface area contributed by atoms with E-state index in [1.807, 2.05) is 23.1 Å². The molecule has 5 nitrogen and oxygen atoms in total. The topological polar surface area (TPSA) is 70.7 Å². The van der Waals surface area contributed by atoms with Gasteiger partial charge in [0.15, 0.2) is 5.96 Å². The number of carbonyl (C=O) groups excluding carboxylic acids is 1. The number of carbonyl (C=O) groups is 1. The summed E-state index contributed by atoms with van der Waals surface area (Å²) in [6, 6.07) is 10.3. The van der Waals surface area contributed by atoms with Gasteiger partial charge in [0.05, 0.1) is 0 Å². The van der Waals surface area contributed by atoms with E-state index in [0.717, 1.165) is 32.5 Å². The average molecular weight is 373 g/mol. The molecule has 5 heteroatoms. The fourth-order valence-corrected chi connectivity index (χ4v) is 3.51. The van der Waals surface area contributed by atoms with Crippen LogP contribution in [-0.4, -0.2) is 42.9 Å². The molecule has 1 aromatic rings. The summed E-state index contributed by atoms with van der Waals surface area (Å²) < 4.78 is 0. The van der Waals surface area contributed by atoms with Crippen molar-refractivity contribution >= 4 is 11.9 Å². The van der Waals surface area contributed by atoms with E-state index in [9.17, 15) is 4.79 Å². The van der Waals surface area contributed by atoms with Crippen LogP contribution in [0.3, 0.4) is 0 Å². The number of amides is 1. The van der Waals surface area contributed by atoms with Gasteiger partial charge >= 0.3 is 0 Å². The molecule has 1 heterocycles. The van der Waals surface area contributed by atoms with Crippen molar-refractivity contribution in [3.8, 4) is 0 Å². The molecule has 1 amide bonds. The third kappa shape index (κ3) is 8.46. The second kappa shape index (κ2) is 12.4. The number of unbranched alkanes of at least 4 members (excludes halogenated alkanes) is 5. The van der Waals surface area contributed by atoms with Gasteiger partial charge in [0, 0.05) is 38.5 Å². The second-order valence-corrected chi connectivity index (χ2v) is 7.57. The largest absolute Gasteiger partial charge is 0.370 e. The van der Waals surface area contributed by atoms with Crippen LogP contribution in [0.25, 0.3) is 0 Å². The highest BCUT2D eigenvalue weighted by molar-refractivity contribution is 5.79. The third-order valence-corrected chi connectivity index (χ3v) is 5.16. The molecule has 150 valence electrons. The van der Waals surface area contributed by atoms with Crippen LogP contribution >= 0.6 is 0 Å². The van der Waals surface area contributed by atoms with Gasteiger partial charge in [0.2, 0.25) is 5.91 Å². The minimum absolute atomic E-state index is 0.241. The Balaban J connectivity index is 1.60. The van der Waals surface area contributed by atoms with E-state index in [1.54, 1.807) is 0 Å². The molecule has 0 bridgehead atoms. The summed E-state index contributed by atoms with van der Waals surface area (Å²) in [5.74, 6) is 1.03. The minimum Gasteiger partial charge on any atom is -0.370 e. The summed E-state index contributed by atoms with van der Waals surface area (Å²) >= 11 is 0. The van der Waals surface area contributed by atoms with Crippen molar-refractivity contribution < 1.29 is 4.79 Å². The lowest BCUT2D eigenvalue weighted by molar-refractivity contribution is -0.127. The Morgan fingerprint density at radius 2 is 1.93 bits per heavy atom. The number of benzene rings is 1. The van der Waals surface area contributed by atoms with E-state index in [1.165, 1.54) is 37.7 Å². The van der Waals surface area contributed by atoms with E-state index in [4.69, 9.17) is 5.73 Å². The molecule has 1 atom stereocenters. The average Bonchev–Trinajstić information content (AvgIpc) is 3.04. The molecule has 0 aliphatic carbocycles. The summed E-state index contributed by atoms with van der Waals surface area (Å²) in [4.78, 5) is 18.6. The predicted molar refractivity (Wildman–Crippen MR) is 113 cm³/mol. The fraction of sp³-hybridized carbons (Fsp3) is 0.636. The number of guanidine groups is 1. The van der Waals surface area contributed by atoms with Crippen molar-refractivity contribution in [3.05, 3.63) is 35.9 Å². The summed E-state index contributed by atoms with van der Waals surface area (Å²) in [7, 11) is 0. The van der Waals surface area contributed by atoms with Crippen molar-refractivity contribution in [2.75, 3.05) is 26.2 Å². The predicted octanol–water partition coefficient (Wildman–Crippen LogP) is 3.34. The Morgan fingerprint density at radius 1 is 1.19 bits per heavy atom.